The molecule has 8 heteroatoms. The number of benzene rings is 2. The molecule has 4 rings (SSSR count). The number of amides is 2. The Kier molecular flexibility index (Phi) is 5.14. The van der Waals surface area contributed by atoms with Gasteiger partial charge in [0.25, 0.3) is 5.91 Å². The van der Waals surface area contributed by atoms with Gasteiger partial charge >= 0.3 is 0 Å². The predicted molar refractivity (Wildman–Crippen MR) is 111 cm³/mol. The molecule has 0 unspecified atom stereocenters. The van der Waals surface area contributed by atoms with Crippen LogP contribution in [0.15, 0.2) is 47.4 Å². The Bertz CT molecular complexity index is 1080. The zero-order valence-corrected chi connectivity index (χ0v) is 17.0. The van der Waals surface area contributed by atoms with Crippen LogP contribution >= 0.6 is 0 Å². The Labute approximate surface area is 170 Å². The number of carbonyl (C=O) groups is 2. The van der Waals surface area contributed by atoms with Crippen molar-refractivity contribution in [2.24, 2.45) is 0 Å². The van der Waals surface area contributed by atoms with Gasteiger partial charge in [-0.3, -0.25) is 9.59 Å². The molecule has 2 aromatic carbocycles. The fourth-order valence-corrected chi connectivity index (χ4v) is 4.85. The molecule has 1 aliphatic heterocycles. The second-order valence-corrected chi connectivity index (χ2v) is 9.21. The second-order valence-electron chi connectivity index (χ2n) is 7.50. The van der Waals surface area contributed by atoms with Gasteiger partial charge in [0, 0.05) is 36.4 Å². The standard InChI is InChI=1S/C21H23N3O4S/c1-14(25)24-11-3-5-15-12-18(9-10-20(15)24)22-21(26)16-4-2-6-19(13-16)29(27,28)23-17-7-8-17/h2,4,6,9-10,12-13,17,23H,3,5,7-8,11H2,1H3,(H,22,26). The van der Waals surface area contributed by atoms with Crippen LogP contribution in [0.4, 0.5) is 11.4 Å². The minimum atomic E-state index is -3.62. The van der Waals surface area contributed by atoms with Crippen molar-refractivity contribution in [3.05, 3.63) is 53.6 Å². The first-order valence-corrected chi connectivity index (χ1v) is 11.2. The highest BCUT2D eigenvalue weighted by atomic mass is 32.2. The lowest BCUT2D eigenvalue weighted by Gasteiger charge is -2.29. The highest BCUT2D eigenvalue weighted by Crippen LogP contribution is 2.30. The van der Waals surface area contributed by atoms with E-state index in [1.54, 1.807) is 30.0 Å². The van der Waals surface area contributed by atoms with Gasteiger partial charge in [-0.15, -0.1) is 0 Å². The van der Waals surface area contributed by atoms with E-state index >= 15 is 0 Å². The largest absolute Gasteiger partial charge is 0.322 e. The molecule has 0 radical (unpaired) electrons. The summed E-state index contributed by atoms with van der Waals surface area (Å²) in [4.78, 5) is 26.3. The SMILES string of the molecule is CC(=O)N1CCCc2cc(NC(=O)c3cccc(S(=O)(=O)NC4CC4)c3)ccc21. The molecule has 1 saturated carbocycles. The third-order valence-electron chi connectivity index (χ3n) is 5.14. The van der Waals surface area contributed by atoms with Crippen LogP contribution in [0, 0.1) is 0 Å². The van der Waals surface area contributed by atoms with Crippen LogP contribution in [-0.2, 0) is 21.2 Å². The normalized spacial score (nSPS) is 16.2. The third kappa shape index (κ3) is 4.33. The highest BCUT2D eigenvalue weighted by molar-refractivity contribution is 7.89. The fraction of sp³-hybridized carbons (Fsp3) is 0.333. The minimum absolute atomic E-state index is 0.000525. The molecule has 29 heavy (non-hydrogen) atoms. The van der Waals surface area contributed by atoms with Crippen LogP contribution < -0.4 is 14.9 Å². The van der Waals surface area contributed by atoms with E-state index in [1.165, 1.54) is 12.1 Å². The van der Waals surface area contributed by atoms with Gasteiger partial charge in [-0.25, -0.2) is 13.1 Å². The van der Waals surface area contributed by atoms with Crippen molar-refractivity contribution in [1.82, 2.24) is 4.72 Å². The van der Waals surface area contributed by atoms with Crippen LogP contribution in [0.3, 0.4) is 0 Å². The van der Waals surface area contributed by atoms with E-state index in [-0.39, 0.29) is 28.3 Å². The summed E-state index contributed by atoms with van der Waals surface area (Å²) in [6.07, 6.45) is 3.40. The van der Waals surface area contributed by atoms with Crippen molar-refractivity contribution in [1.29, 1.82) is 0 Å². The topological polar surface area (TPSA) is 95.6 Å². The van der Waals surface area contributed by atoms with Gasteiger partial charge in [0.15, 0.2) is 0 Å². The summed E-state index contributed by atoms with van der Waals surface area (Å²) < 4.78 is 27.4. The molecule has 0 spiro atoms. The number of hydrogen-bond donors (Lipinski definition) is 2. The van der Waals surface area contributed by atoms with Crippen LogP contribution in [-0.4, -0.2) is 32.8 Å². The van der Waals surface area contributed by atoms with Crippen molar-refractivity contribution < 1.29 is 18.0 Å². The Hall–Kier alpha value is -2.71. The first-order chi connectivity index (χ1) is 13.8. The average molecular weight is 413 g/mol. The van der Waals surface area contributed by atoms with Crippen LogP contribution in [0.5, 0.6) is 0 Å². The van der Waals surface area contributed by atoms with E-state index in [0.717, 1.165) is 36.9 Å². The van der Waals surface area contributed by atoms with Gasteiger partial charge in [0.1, 0.15) is 0 Å². The molecule has 0 bridgehead atoms. The summed E-state index contributed by atoms with van der Waals surface area (Å²) in [7, 11) is -3.62. The van der Waals surface area contributed by atoms with Gasteiger partial charge in [-0.1, -0.05) is 6.07 Å². The lowest BCUT2D eigenvalue weighted by atomic mass is 10.0. The number of fused-ring (bicyclic) bond motifs is 1. The summed E-state index contributed by atoms with van der Waals surface area (Å²) in [5.74, 6) is -0.381. The smallest absolute Gasteiger partial charge is 0.255 e. The van der Waals surface area contributed by atoms with Crippen molar-refractivity contribution in [3.63, 3.8) is 0 Å². The molecular weight excluding hydrogens is 390 g/mol. The van der Waals surface area contributed by atoms with Crippen molar-refractivity contribution in [2.75, 3.05) is 16.8 Å². The van der Waals surface area contributed by atoms with Crippen molar-refractivity contribution in [2.45, 2.75) is 43.5 Å². The fourth-order valence-electron chi connectivity index (χ4n) is 3.50. The molecule has 2 aromatic rings. The predicted octanol–water partition coefficient (Wildman–Crippen LogP) is 2.68. The number of hydrogen-bond acceptors (Lipinski definition) is 4. The first kappa shape index (κ1) is 19.6. The van der Waals surface area contributed by atoms with Crippen LogP contribution in [0.25, 0.3) is 0 Å². The first-order valence-electron chi connectivity index (χ1n) is 9.68. The maximum Gasteiger partial charge on any atom is 0.255 e. The second kappa shape index (κ2) is 7.61. The maximum absolute atomic E-state index is 12.7. The molecule has 7 nitrogen and oxygen atoms in total. The minimum Gasteiger partial charge on any atom is -0.322 e. The van der Waals surface area contributed by atoms with E-state index < -0.39 is 10.0 Å². The van der Waals surface area contributed by atoms with E-state index in [0.29, 0.717) is 12.2 Å². The molecule has 2 amide bonds. The molecule has 2 aliphatic rings. The summed E-state index contributed by atoms with van der Waals surface area (Å²) in [6.45, 7) is 2.24. The van der Waals surface area contributed by atoms with Crippen LogP contribution in [0.2, 0.25) is 0 Å². The van der Waals surface area contributed by atoms with Gasteiger partial charge < -0.3 is 10.2 Å². The molecule has 2 N–H and O–H groups in total. The van der Waals surface area contributed by atoms with Gasteiger partial charge in [-0.2, -0.15) is 0 Å². The molecule has 1 fully saturated rings. The van der Waals surface area contributed by atoms with Gasteiger partial charge in [0.2, 0.25) is 15.9 Å². The Morgan fingerprint density at radius 1 is 1.10 bits per heavy atom. The zero-order chi connectivity index (χ0) is 20.6. The maximum atomic E-state index is 12.7. The number of nitrogens with zero attached hydrogens (tertiary/aromatic N) is 1. The number of anilines is 2. The number of aryl methyl sites for hydroxylation is 1. The van der Waals surface area contributed by atoms with Gasteiger partial charge in [-0.05, 0) is 67.6 Å². The molecule has 152 valence electrons. The summed E-state index contributed by atoms with van der Waals surface area (Å²) in [6, 6.07) is 11.5. The molecular formula is C21H23N3O4S. The third-order valence-corrected chi connectivity index (χ3v) is 6.66. The van der Waals surface area contributed by atoms with Crippen molar-refractivity contribution >= 4 is 33.2 Å². The summed E-state index contributed by atoms with van der Waals surface area (Å²) in [5, 5.41) is 2.83. The lowest BCUT2D eigenvalue weighted by molar-refractivity contribution is -0.116. The monoisotopic (exact) mass is 413 g/mol. The molecule has 0 atom stereocenters. The molecule has 1 aliphatic carbocycles. The number of nitrogens with one attached hydrogen (secondary N) is 2. The molecule has 1 heterocycles. The summed E-state index contributed by atoms with van der Waals surface area (Å²) >= 11 is 0. The van der Waals surface area contributed by atoms with E-state index in [1.807, 2.05) is 12.1 Å². The van der Waals surface area contributed by atoms with E-state index in [2.05, 4.69) is 10.0 Å². The molecule has 0 aromatic heterocycles. The Morgan fingerprint density at radius 2 is 1.90 bits per heavy atom. The zero-order valence-electron chi connectivity index (χ0n) is 16.1. The molecule has 0 saturated heterocycles. The highest BCUT2D eigenvalue weighted by Gasteiger charge is 2.28. The summed E-state index contributed by atoms with van der Waals surface area (Å²) in [5.41, 5.74) is 2.77. The Balaban J connectivity index is 1.53. The number of carbonyl (C=O) groups excluding carboxylic acids is 2. The Morgan fingerprint density at radius 3 is 2.62 bits per heavy atom. The quantitative estimate of drug-likeness (QED) is 0.788. The average Bonchev–Trinajstić information content (AvgIpc) is 3.50. The van der Waals surface area contributed by atoms with E-state index in [9.17, 15) is 18.0 Å². The lowest BCUT2D eigenvalue weighted by Crippen LogP contribution is -2.33. The van der Waals surface area contributed by atoms with E-state index in [4.69, 9.17) is 0 Å². The van der Waals surface area contributed by atoms with Crippen molar-refractivity contribution in [3.8, 4) is 0 Å². The van der Waals surface area contributed by atoms with Gasteiger partial charge in [0.05, 0.1) is 4.90 Å². The number of rotatable bonds is 5. The van der Waals surface area contributed by atoms with Crippen LogP contribution in [0.1, 0.15) is 42.1 Å². The number of sulfonamides is 1.